The average molecular weight is 274 g/mol. The Morgan fingerprint density at radius 3 is 2.37 bits per heavy atom. The molecule has 3 rings (SSSR count). The van der Waals surface area contributed by atoms with E-state index in [1.54, 1.807) is 0 Å². The highest BCUT2D eigenvalue weighted by molar-refractivity contribution is 7.17. The highest BCUT2D eigenvalue weighted by Gasteiger charge is 2.42. The molecule has 2 aliphatic rings. The van der Waals surface area contributed by atoms with Gasteiger partial charge in [-0.25, -0.2) is 0 Å². The van der Waals surface area contributed by atoms with Crippen molar-refractivity contribution in [3.8, 4) is 12.1 Å². The van der Waals surface area contributed by atoms with Crippen molar-refractivity contribution >= 4 is 22.0 Å². The number of nitrogens with two attached hydrogens (primary N) is 1. The second-order valence-electron chi connectivity index (χ2n) is 5.17. The van der Waals surface area contributed by atoms with Crippen LogP contribution >= 0.6 is 11.3 Å². The van der Waals surface area contributed by atoms with Crippen LogP contribution in [0, 0.1) is 22.7 Å². The van der Waals surface area contributed by atoms with Gasteiger partial charge in [0.2, 0.25) is 0 Å². The first kappa shape index (κ1) is 12.3. The molecule has 0 aliphatic carbocycles. The van der Waals surface area contributed by atoms with E-state index in [-0.39, 0.29) is 18.2 Å². The third kappa shape index (κ3) is 1.76. The molecule has 0 radical (unpaired) electrons. The molecule has 98 valence electrons. The minimum absolute atomic E-state index is 0.243. The Morgan fingerprint density at radius 1 is 1.21 bits per heavy atom. The largest absolute Gasteiger partial charge is 0.396 e. The highest BCUT2D eigenvalue weighted by atomic mass is 32.1. The summed E-state index contributed by atoms with van der Waals surface area (Å²) in [5.74, 6) is 0. The van der Waals surface area contributed by atoms with Crippen molar-refractivity contribution in [1.29, 1.82) is 10.5 Å². The molecule has 3 N–H and O–H groups in total. The topological polar surface area (TPSA) is 97.1 Å². The first-order valence-electron chi connectivity index (χ1n) is 6.34. The van der Waals surface area contributed by atoms with Crippen LogP contribution < -0.4 is 10.6 Å². The molecule has 1 aromatic heterocycles. The molecular formula is C13H14N4OS. The van der Waals surface area contributed by atoms with Crippen LogP contribution in [0.1, 0.15) is 36.1 Å². The summed E-state index contributed by atoms with van der Waals surface area (Å²) in [6.07, 6.45) is 3.30. The molecule has 2 fully saturated rings. The molecule has 0 saturated carbocycles. The molecule has 2 aliphatic heterocycles. The lowest BCUT2D eigenvalue weighted by Crippen LogP contribution is -2.44. The second kappa shape index (κ2) is 4.41. The molecule has 2 atom stereocenters. The molecular weight excluding hydrogens is 260 g/mol. The monoisotopic (exact) mass is 274 g/mol. The van der Waals surface area contributed by atoms with Crippen molar-refractivity contribution in [2.75, 3.05) is 10.6 Å². The van der Waals surface area contributed by atoms with E-state index in [4.69, 9.17) is 11.0 Å². The van der Waals surface area contributed by atoms with Gasteiger partial charge in [0.25, 0.3) is 0 Å². The lowest BCUT2D eigenvalue weighted by Gasteiger charge is -2.38. The summed E-state index contributed by atoms with van der Waals surface area (Å²) in [5, 5.41) is 29.0. The summed E-state index contributed by atoms with van der Waals surface area (Å²) in [7, 11) is 0. The normalized spacial score (nSPS) is 29.0. The maximum Gasteiger partial charge on any atom is 0.131 e. The number of fused-ring (bicyclic) bond motifs is 2. The Morgan fingerprint density at radius 2 is 1.84 bits per heavy atom. The van der Waals surface area contributed by atoms with Crippen molar-refractivity contribution in [2.45, 2.75) is 43.9 Å². The quantitative estimate of drug-likeness (QED) is 0.810. The number of hydrogen-bond acceptors (Lipinski definition) is 6. The minimum atomic E-state index is -0.243. The lowest BCUT2D eigenvalue weighted by atomic mass is 10.00. The second-order valence-corrected chi connectivity index (χ2v) is 6.17. The number of nitrogens with zero attached hydrogens (tertiary/aromatic N) is 3. The maximum atomic E-state index is 9.82. The van der Waals surface area contributed by atoms with Crippen LogP contribution in [0.3, 0.4) is 0 Å². The minimum Gasteiger partial charge on any atom is -0.396 e. The van der Waals surface area contributed by atoms with E-state index in [0.29, 0.717) is 16.1 Å². The van der Waals surface area contributed by atoms with Gasteiger partial charge >= 0.3 is 0 Å². The predicted molar refractivity (Wildman–Crippen MR) is 72.7 cm³/mol. The number of anilines is 2. The van der Waals surface area contributed by atoms with Crippen molar-refractivity contribution in [3.63, 3.8) is 0 Å². The van der Waals surface area contributed by atoms with Gasteiger partial charge in [-0.3, -0.25) is 0 Å². The Hall–Kier alpha value is -1.76. The van der Waals surface area contributed by atoms with E-state index in [1.165, 1.54) is 11.3 Å². The van der Waals surface area contributed by atoms with Gasteiger partial charge in [-0.2, -0.15) is 10.5 Å². The molecule has 2 unspecified atom stereocenters. The molecule has 2 saturated heterocycles. The summed E-state index contributed by atoms with van der Waals surface area (Å²) < 4.78 is 0. The molecule has 6 heteroatoms. The number of hydrogen-bond donors (Lipinski definition) is 2. The first-order chi connectivity index (χ1) is 9.15. The van der Waals surface area contributed by atoms with E-state index in [0.717, 1.165) is 30.7 Å². The zero-order chi connectivity index (χ0) is 13.6. The zero-order valence-corrected chi connectivity index (χ0v) is 11.2. The average Bonchev–Trinajstić information content (AvgIpc) is 2.84. The van der Waals surface area contributed by atoms with Gasteiger partial charge in [0.1, 0.15) is 27.6 Å². The van der Waals surface area contributed by atoms with E-state index < -0.39 is 0 Å². The van der Waals surface area contributed by atoms with Gasteiger partial charge in [0.05, 0.1) is 11.8 Å². The SMILES string of the molecule is N#Cc1sc(N2C3CCC2CC(O)C3)c(C#N)c1N. The molecule has 3 heterocycles. The predicted octanol–water partition coefficient (Wildman–Crippen LogP) is 1.57. The molecule has 19 heavy (non-hydrogen) atoms. The summed E-state index contributed by atoms with van der Waals surface area (Å²) in [6.45, 7) is 0. The fourth-order valence-electron chi connectivity index (χ4n) is 3.28. The fourth-order valence-corrected chi connectivity index (χ4v) is 4.40. The van der Waals surface area contributed by atoms with Crippen LogP contribution in [0.2, 0.25) is 0 Å². The molecule has 0 aromatic carbocycles. The number of aliphatic hydroxyl groups excluding tert-OH is 1. The fraction of sp³-hybridized carbons (Fsp3) is 0.538. The lowest BCUT2D eigenvalue weighted by molar-refractivity contribution is 0.126. The maximum absolute atomic E-state index is 9.82. The Labute approximate surface area is 115 Å². The molecule has 5 nitrogen and oxygen atoms in total. The summed E-state index contributed by atoms with van der Waals surface area (Å²) in [5.41, 5.74) is 6.59. The van der Waals surface area contributed by atoms with Gasteiger partial charge in [-0.05, 0) is 25.7 Å². The summed E-state index contributed by atoms with van der Waals surface area (Å²) in [4.78, 5) is 2.63. The van der Waals surface area contributed by atoms with Gasteiger partial charge in [0, 0.05) is 12.1 Å². The molecule has 2 bridgehead atoms. The summed E-state index contributed by atoms with van der Waals surface area (Å²) >= 11 is 1.30. The number of piperidine rings is 1. The smallest absolute Gasteiger partial charge is 0.131 e. The van der Waals surface area contributed by atoms with Crippen LogP contribution in [-0.2, 0) is 0 Å². The third-order valence-corrected chi connectivity index (χ3v) is 5.21. The standard InChI is InChI=1S/C13H14N4OS/c14-5-10-12(16)11(6-15)19-13(10)17-7-1-2-8(17)4-9(18)3-7/h7-9,18H,1-4,16H2. The number of aliphatic hydroxyl groups is 1. The third-order valence-electron chi connectivity index (χ3n) is 4.08. The molecule has 0 amide bonds. The van der Waals surface area contributed by atoms with Crippen molar-refractivity contribution in [1.82, 2.24) is 0 Å². The Kier molecular flexibility index (Phi) is 2.85. The Balaban J connectivity index is 2.05. The zero-order valence-electron chi connectivity index (χ0n) is 10.3. The highest BCUT2D eigenvalue weighted by Crippen LogP contribution is 2.46. The number of rotatable bonds is 1. The molecule has 0 spiro atoms. The Bertz CT molecular complexity index is 583. The van der Waals surface area contributed by atoms with Gasteiger partial charge in [-0.1, -0.05) is 0 Å². The van der Waals surface area contributed by atoms with Crippen LogP contribution in [0.5, 0.6) is 0 Å². The number of nitrogen functional groups attached to an aromatic ring is 1. The van der Waals surface area contributed by atoms with Gasteiger partial charge in [-0.15, -0.1) is 11.3 Å². The van der Waals surface area contributed by atoms with Crippen molar-refractivity contribution in [3.05, 3.63) is 10.4 Å². The van der Waals surface area contributed by atoms with E-state index >= 15 is 0 Å². The van der Waals surface area contributed by atoms with Crippen LogP contribution in [0.25, 0.3) is 0 Å². The number of nitriles is 2. The van der Waals surface area contributed by atoms with Crippen LogP contribution in [0.15, 0.2) is 0 Å². The van der Waals surface area contributed by atoms with Crippen molar-refractivity contribution in [2.24, 2.45) is 0 Å². The van der Waals surface area contributed by atoms with Gasteiger partial charge < -0.3 is 15.7 Å². The van der Waals surface area contributed by atoms with E-state index in [1.807, 2.05) is 0 Å². The van der Waals surface area contributed by atoms with Gasteiger partial charge in [0.15, 0.2) is 0 Å². The molecule has 1 aromatic rings. The summed E-state index contributed by atoms with van der Waals surface area (Å²) in [6, 6.07) is 4.72. The van der Waals surface area contributed by atoms with Crippen molar-refractivity contribution < 1.29 is 5.11 Å². The van der Waals surface area contributed by atoms with E-state index in [9.17, 15) is 10.4 Å². The van der Waals surface area contributed by atoms with E-state index in [2.05, 4.69) is 17.0 Å². The first-order valence-corrected chi connectivity index (χ1v) is 7.16. The number of thiophene rings is 1. The van der Waals surface area contributed by atoms with Crippen LogP contribution in [-0.4, -0.2) is 23.3 Å². The van der Waals surface area contributed by atoms with Crippen LogP contribution in [0.4, 0.5) is 10.7 Å².